The minimum atomic E-state index is -0.975. The van der Waals surface area contributed by atoms with Crippen LogP contribution in [0.25, 0.3) is 11.1 Å². The fourth-order valence-electron chi connectivity index (χ4n) is 5.39. The monoisotopic (exact) mass is 413 g/mol. The number of nitrogens with zero attached hydrogens (tertiary/aromatic N) is 1. The molecular weight excluding hydrogens is 387 g/mol. The van der Waals surface area contributed by atoms with E-state index in [-0.39, 0.29) is 11.1 Å². The number of hydrogen-bond donors (Lipinski definition) is 0. The van der Waals surface area contributed by atoms with Crippen molar-refractivity contribution in [2.24, 2.45) is 11.8 Å². The first-order valence-corrected chi connectivity index (χ1v) is 10.8. The maximum absolute atomic E-state index is 14.9. The van der Waals surface area contributed by atoms with Crippen molar-refractivity contribution in [2.75, 3.05) is 6.61 Å². The van der Waals surface area contributed by atoms with Gasteiger partial charge >= 0.3 is 0 Å². The van der Waals surface area contributed by atoms with Crippen molar-refractivity contribution < 1.29 is 17.9 Å². The average molecular weight is 413 g/mol. The lowest BCUT2D eigenvalue weighted by Crippen LogP contribution is -2.33. The van der Waals surface area contributed by atoms with E-state index >= 15 is 0 Å². The quantitative estimate of drug-likeness (QED) is 0.557. The predicted molar refractivity (Wildman–Crippen MR) is 109 cm³/mol. The smallest absolute Gasteiger partial charge is 0.144 e. The average Bonchev–Trinajstić information content (AvgIpc) is 2.73. The SMILES string of the molecule is CCOC1CCC2CC(c3ccc(-c4cc(F)c(C#N)c(F)c4)c(F)c3)CCC2C1. The summed E-state index contributed by atoms with van der Waals surface area (Å²) in [6.07, 6.45) is 7.00. The molecule has 158 valence electrons. The molecule has 2 aliphatic carbocycles. The molecule has 2 aromatic rings. The van der Waals surface area contributed by atoms with Gasteiger partial charge in [0.2, 0.25) is 0 Å². The van der Waals surface area contributed by atoms with Gasteiger partial charge in [-0.05, 0) is 92.5 Å². The molecule has 0 amide bonds. The Morgan fingerprint density at radius 2 is 1.63 bits per heavy atom. The van der Waals surface area contributed by atoms with Crippen LogP contribution in [0.5, 0.6) is 0 Å². The van der Waals surface area contributed by atoms with E-state index in [1.54, 1.807) is 6.07 Å². The van der Waals surface area contributed by atoms with Gasteiger partial charge < -0.3 is 4.74 Å². The van der Waals surface area contributed by atoms with Gasteiger partial charge in [0.25, 0.3) is 0 Å². The summed E-state index contributed by atoms with van der Waals surface area (Å²) in [7, 11) is 0. The summed E-state index contributed by atoms with van der Waals surface area (Å²) in [5.74, 6) is -0.773. The van der Waals surface area contributed by atoms with Crippen LogP contribution >= 0.6 is 0 Å². The molecule has 4 rings (SSSR count). The van der Waals surface area contributed by atoms with Crippen molar-refractivity contribution in [2.45, 2.75) is 57.5 Å². The third-order valence-electron chi connectivity index (χ3n) is 6.90. The van der Waals surface area contributed by atoms with Crippen molar-refractivity contribution >= 4 is 0 Å². The Balaban J connectivity index is 1.50. The van der Waals surface area contributed by atoms with Crippen LogP contribution in [0.4, 0.5) is 13.2 Å². The highest BCUT2D eigenvalue weighted by molar-refractivity contribution is 5.66. The highest BCUT2D eigenvalue weighted by Crippen LogP contribution is 2.47. The van der Waals surface area contributed by atoms with Crippen LogP contribution in [0.15, 0.2) is 30.3 Å². The van der Waals surface area contributed by atoms with Gasteiger partial charge in [0, 0.05) is 12.2 Å². The van der Waals surface area contributed by atoms with E-state index in [2.05, 4.69) is 0 Å². The Kier molecular flexibility index (Phi) is 6.15. The van der Waals surface area contributed by atoms with Crippen LogP contribution in [-0.2, 0) is 4.74 Å². The molecule has 4 atom stereocenters. The third kappa shape index (κ3) is 4.11. The fourth-order valence-corrected chi connectivity index (χ4v) is 5.39. The summed E-state index contributed by atoms with van der Waals surface area (Å²) in [6, 6.07) is 8.51. The topological polar surface area (TPSA) is 33.0 Å². The van der Waals surface area contributed by atoms with E-state index in [4.69, 9.17) is 10.00 Å². The molecule has 2 fully saturated rings. The number of ether oxygens (including phenoxy) is 1. The van der Waals surface area contributed by atoms with E-state index in [9.17, 15) is 13.2 Å². The fraction of sp³-hybridized carbons (Fsp3) is 0.480. The van der Waals surface area contributed by atoms with E-state index < -0.39 is 23.0 Å². The van der Waals surface area contributed by atoms with Gasteiger partial charge in [-0.15, -0.1) is 0 Å². The summed E-state index contributed by atoms with van der Waals surface area (Å²) >= 11 is 0. The van der Waals surface area contributed by atoms with Gasteiger partial charge in [-0.3, -0.25) is 0 Å². The highest BCUT2D eigenvalue weighted by Gasteiger charge is 2.36. The number of fused-ring (bicyclic) bond motifs is 1. The maximum atomic E-state index is 14.9. The molecule has 0 spiro atoms. The van der Waals surface area contributed by atoms with Gasteiger partial charge in [-0.2, -0.15) is 5.26 Å². The first kappa shape index (κ1) is 20.9. The molecule has 0 radical (unpaired) electrons. The lowest BCUT2D eigenvalue weighted by Gasteiger charge is -2.42. The van der Waals surface area contributed by atoms with E-state index in [0.29, 0.717) is 23.9 Å². The second-order valence-corrected chi connectivity index (χ2v) is 8.59. The number of rotatable bonds is 4. The molecular formula is C25H26F3NO. The summed E-state index contributed by atoms with van der Waals surface area (Å²) in [4.78, 5) is 0. The summed E-state index contributed by atoms with van der Waals surface area (Å²) < 4.78 is 48.6. The molecule has 2 saturated carbocycles. The standard InChI is InChI=1S/C25H26F3NO/c1-2-30-20-7-5-16-9-15(3-4-17(16)10-20)18-6-8-21(23(26)11-18)19-12-24(27)22(14-29)25(28)13-19/h6,8,11-13,15-17,20H,2-5,7,9-10H2,1H3. The van der Waals surface area contributed by atoms with E-state index in [0.717, 1.165) is 62.8 Å². The third-order valence-corrected chi connectivity index (χ3v) is 6.90. The number of nitriles is 1. The number of benzene rings is 2. The van der Waals surface area contributed by atoms with Crippen LogP contribution < -0.4 is 0 Å². The van der Waals surface area contributed by atoms with Crippen LogP contribution in [0.2, 0.25) is 0 Å². The van der Waals surface area contributed by atoms with Crippen molar-refractivity contribution in [1.29, 1.82) is 5.26 Å². The molecule has 30 heavy (non-hydrogen) atoms. The molecule has 0 bridgehead atoms. The second kappa shape index (κ2) is 8.81. The summed E-state index contributed by atoms with van der Waals surface area (Å²) in [6.45, 7) is 2.81. The number of hydrogen-bond acceptors (Lipinski definition) is 2. The Morgan fingerprint density at radius 3 is 2.30 bits per heavy atom. The van der Waals surface area contributed by atoms with Crippen LogP contribution in [0.3, 0.4) is 0 Å². The van der Waals surface area contributed by atoms with Gasteiger partial charge in [0.15, 0.2) is 0 Å². The zero-order valence-corrected chi connectivity index (χ0v) is 17.1. The number of halogens is 3. The molecule has 2 aromatic carbocycles. The van der Waals surface area contributed by atoms with Gasteiger partial charge in [-0.25, -0.2) is 13.2 Å². The Bertz CT molecular complexity index is 944. The van der Waals surface area contributed by atoms with Gasteiger partial charge in [-0.1, -0.05) is 12.1 Å². The lowest BCUT2D eigenvalue weighted by molar-refractivity contribution is -0.00956. The Morgan fingerprint density at radius 1 is 0.933 bits per heavy atom. The molecule has 0 N–H and O–H groups in total. The Hall–Kier alpha value is -2.32. The van der Waals surface area contributed by atoms with Crippen LogP contribution in [0.1, 0.15) is 62.5 Å². The molecule has 0 aromatic heterocycles. The van der Waals surface area contributed by atoms with Crippen LogP contribution in [0, 0.1) is 40.6 Å². The van der Waals surface area contributed by atoms with Crippen molar-refractivity contribution in [1.82, 2.24) is 0 Å². The van der Waals surface area contributed by atoms with E-state index in [1.165, 1.54) is 12.1 Å². The second-order valence-electron chi connectivity index (χ2n) is 8.59. The summed E-state index contributed by atoms with van der Waals surface area (Å²) in [5, 5.41) is 8.81. The highest BCUT2D eigenvalue weighted by atomic mass is 19.1. The molecule has 2 nitrogen and oxygen atoms in total. The zero-order valence-electron chi connectivity index (χ0n) is 17.1. The molecule has 0 aliphatic heterocycles. The predicted octanol–water partition coefficient (Wildman–Crippen LogP) is 6.73. The molecule has 0 heterocycles. The molecule has 5 heteroatoms. The maximum Gasteiger partial charge on any atom is 0.144 e. The van der Waals surface area contributed by atoms with Crippen molar-refractivity contribution in [3.8, 4) is 17.2 Å². The molecule has 2 aliphatic rings. The molecule has 4 unspecified atom stereocenters. The van der Waals surface area contributed by atoms with E-state index in [1.807, 2.05) is 13.0 Å². The molecule has 0 saturated heterocycles. The van der Waals surface area contributed by atoms with Gasteiger partial charge in [0.05, 0.1) is 6.10 Å². The first-order chi connectivity index (χ1) is 14.5. The minimum absolute atomic E-state index is 0.103. The first-order valence-electron chi connectivity index (χ1n) is 10.8. The normalized spacial score (nSPS) is 26.1. The van der Waals surface area contributed by atoms with Gasteiger partial charge in [0.1, 0.15) is 29.1 Å². The van der Waals surface area contributed by atoms with Crippen molar-refractivity contribution in [3.63, 3.8) is 0 Å². The van der Waals surface area contributed by atoms with Crippen molar-refractivity contribution in [3.05, 3.63) is 58.9 Å². The Labute approximate surface area is 175 Å². The summed E-state index contributed by atoms with van der Waals surface area (Å²) in [5.41, 5.74) is 0.556. The zero-order chi connectivity index (χ0) is 21.3. The van der Waals surface area contributed by atoms with Crippen LogP contribution in [-0.4, -0.2) is 12.7 Å². The minimum Gasteiger partial charge on any atom is -0.378 e. The largest absolute Gasteiger partial charge is 0.378 e. The lowest BCUT2D eigenvalue weighted by atomic mass is 9.65.